The van der Waals surface area contributed by atoms with E-state index in [1.54, 1.807) is 50.6 Å². The van der Waals surface area contributed by atoms with E-state index in [9.17, 15) is 9.59 Å². The van der Waals surface area contributed by atoms with Gasteiger partial charge in [0.15, 0.2) is 0 Å². The van der Waals surface area contributed by atoms with Crippen LogP contribution in [0.2, 0.25) is 0 Å². The minimum absolute atomic E-state index is 0.220. The molecule has 2 amide bonds. The molecule has 6 aromatic rings. The van der Waals surface area contributed by atoms with Crippen LogP contribution in [0.5, 0.6) is 11.5 Å². The fourth-order valence-electron chi connectivity index (χ4n) is 6.65. The number of nitrogens with one attached hydrogen (secondary N) is 2. The molecule has 0 radical (unpaired) electrons. The van der Waals surface area contributed by atoms with E-state index in [0.717, 1.165) is 22.3 Å². The first-order chi connectivity index (χ1) is 23.8. The minimum atomic E-state index is -0.639. The maximum atomic E-state index is 13.2. The largest absolute Gasteiger partial charge is 0.496 e. The Kier molecular flexibility index (Phi) is 8.84. The van der Waals surface area contributed by atoms with Gasteiger partial charge in [0.2, 0.25) is 0 Å². The van der Waals surface area contributed by atoms with Gasteiger partial charge in [-0.2, -0.15) is 0 Å². The highest BCUT2D eigenvalue weighted by atomic mass is 79.9. The van der Waals surface area contributed by atoms with Crippen LogP contribution in [0.4, 0.5) is 11.4 Å². The predicted octanol–water partition coefficient (Wildman–Crippen LogP) is 10.1. The lowest BCUT2D eigenvalue weighted by molar-refractivity contribution is 0.101. The summed E-state index contributed by atoms with van der Waals surface area (Å²) in [6, 6.07) is 43.5. The molecule has 0 saturated heterocycles. The van der Waals surface area contributed by atoms with Crippen LogP contribution >= 0.6 is 31.9 Å². The minimum Gasteiger partial charge on any atom is -0.496 e. The third-order valence-electron chi connectivity index (χ3n) is 8.93. The summed E-state index contributed by atoms with van der Waals surface area (Å²) >= 11 is 6.93. The highest BCUT2D eigenvalue weighted by molar-refractivity contribution is 9.11. The van der Waals surface area contributed by atoms with E-state index in [-0.39, 0.29) is 11.8 Å². The Morgan fingerprint density at radius 2 is 0.918 bits per heavy atom. The van der Waals surface area contributed by atoms with Crippen molar-refractivity contribution < 1.29 is 19.1 Å². The van der Waals surface area contributed by atoms with Crippen molar-refractivity contribution in [3.05, 3.63) is 176 Å². The molecule has 1 aliphatic rings. The zero-order valence-electron chi connectivity index (χ0n) is 26.6. The second-order valence-electron chi connectivity index (χ2n) is 11.6. The van der Waals surface area contributed by atoms with Crippen LogP contribution in [0.15, 0.2) is 142 Å². The molecule has 0 saturated carbocycles. The van der Waals surface area contributed by atoms with Gasteiger partial charge in [-0.15, -0.1) is 0 Å². The van der Waals surface area contributed by atoms with Crippen LogP contribution in [-0.4, -0.2) is 26.0 Å². The molecule has 7 rings (SSSR count). The Labute approximate surface area is 301 Å². The Morgan fingerprint density at radius 1 is 0.531 bits per heavy atom. The van der Waals surface area contributed by atoms with Gasteiger partial charge in [0, 0.05) is 22.5 Å². The number of ether oxygens (including phenoxy) is 2. The Hall–Kier alpha value is -5.18. The van der Waals surface area contributed by atoms with E-state index >= 15 is 0 Å². The number of hydrogen-bond acceptors (Lipinski definition) is 4. The highest BCUT2D eigenvalue weighted by Gasteiger charge is 2.45. The molecule has 0 aliphatic heterocycles. The van der Waals surface area contributed by atoms with E-state index in [0.29, 0.717) is 42.9 Å². The summed E-state index contributed by atoms with van der Waals surface area (Å²) in [7, 11) is 3.18. The molecule has 0 atom stereocenters. The molecule has 0 unspecified atom stereocenters. The molecular weight excluding hydrogens is 744 g/mol. The molecule has 6 aromatic carbocycles. The predicted molar refractivity (Wildman–Crippen MR) is 201 cm³/mol. The number of hydrogen-bond donors (Lipinski definition) is 2. The van der Waals surface area contributed by atoms with Crippen molar-refractivity contribution in [3.8, 4) is 22.6 Å². The average molecular weight is 775 g/mol. The van der Waals surface area contributed by atoms with Crippen molar-refractivity contribution in [2.24, 2.45) is 0 Å². The normalized spacial score (nSPS) is 12.4. The quantitative estimate of drug-likeness (QED) is 0.161. The van der Waals surface area contributed by atoms with Crippen LogP contribution in [0, 0.1) is 0 Å². The van der Waals surface area contributed by atoms with E-state index in [2.05, 4.69) is 115 Å². The second-order valence-corrected chi connectivity index (χ2v) is 13.3. The summed E-state index contributed by atoms with van der Waals surface area (Å²) in [5.41, 5.74) is 8.51. The van der Waals surface area contributed by atoms with E-state index in [1.165, 1.54) is 11.1 Å². The number of halogens is 2. The molecule has 0 bridgehead atoms. The molecule has 242 valence electrons. The van der Waals surface area contributed by atoms with Crippen LogP contribution < -0.4 is 20.1 Å². The van der Waals surface area contributed by atoms with Crippen molar-refractivity contribution in [3.63, 3.8) is 0 Å². The van der Waals surface area contributed by atoms with Gasteiger partial charge < -0.3 is 20.1 Å². The Balaban J connectivity index is 1.25. The van der Waals surface area contributed by atoms with Crippen LogP contribution in [-0.2, 0) is 5.41 Å². The molecule has 0 aromatic heterocycles. The SMILES string of the molecule is COc1ccc(C(=O)Nc2ccc(C3(c4ccc(NC(=O)c5ccc(OC)c(Br)c5)cc4)c4ccccc4-c4ccccc43)cc2)cc1Br. The van der Waals surface area contributed by atoms with Crippen LogP contribution in [0.3, 0.4) is 0 Å². The van der Waals surface area contributed by atoms with E-state index < -0.39 is 5.41 Å². The molecule has 0 fully saturated rings. The topological polar surface area (TPSA) is 76.7 Å². The fourth-order valence-corrected chi connectivity index (χ4v) is 7.73. The maximum absolute atomic E-state index is 13.2. The first-order valence-electron chi connectivity index (χ1n) is 15.5. The molecule has 6 nitrogen and oxygen atoms in total. The second kappa shape index (κ2) is 13.4. The molecule has 49 heavy (non-hydrogen) atoms. The number of carbonyl (C=O) groups is 2. The van der Waals surface area contributed by atoms with E-state index in [4.69, 9.17) is 9.47 Å². The smallest absolute Gasteiger partial charge is 0.255 e. The first-order valence-corrected chi connectivity index (χ1v) is 17.1. The number of amides is 2. The third-order valence-corrected chi connectivity index (χ3v) is 10.2. The summed E-state index contributed by atoms with van der Waals surface area (Å²) in [6.07, 6.45) is 0. The fraction of sp³-hybridized carbons (Fsp3) is 0.0732. The van der Waals surface area contributed by atoms with Gasteiger partial charge in [-0.05, 0) is 126 Å². The summed E-state index contributed by atoms with van der Waals surface area (Å²) in [6.45, 7) is 0. The summed E-state index contributed by atoms with van der Waals surface area (Å²) in [5, 5.41) is 6.06. The van der Waals surface area contributed by atoms with Crippen molar-refractivity contribution in [1.82, 2.24) is 0 Å². The van der Waals surface area contributed by atoms with Gasteiger partial charge in [-0.25, -0.2) is 0 Å². The number of benzene rings is 6. The Bertz CT molecular complexity index is 2060. The lowest BCUT2D eigenvalue weighted by Gasteiger charge is -2.34. The van der Waals surface area contributed by atoms with Gasteiger partial charge in [0.25, 0.3) is 11.8 Å². The molecule has 1 aliphatic carbocycles. The van der Waals surface area contributed by atoms with Gasteiger partial charge in [-0.1, -0.05) is 72.8 Å². The Morgan fingerprint density at radius 3 is 1.29 bits per heavy atom. The molecule has 2 N–H and O–H groups in total. The lowest BCUT2D eigenvalue weighted by Crippen LogP contribution is -2.28. The van der Waals surface area contributed by atoms with Crippen molar-refractivity contribution in [1.29, 1.82) is 0 Å². The van der Waals surface area contributed by atoms with Gasteiger partial charge in [0.1, 0.15) is 11.5 Å². The van der Waals surface area contributed by atoms with Crippen molar-refractivity contribution in [2.45, 2.75) is 5.41 Å². The number of anilines is 2. The van der Waals surface area contributed by atoms with Crippen LogP contribution in [0.25, 0.3) is 11.1 Å². The zero-order chi connectivity index (χ0) is 34.1. The molecular formula is C41H30Br2N2O4. The molecule has 0 spiro atoms. The summed E-state index contributed by atoms with van der Waals surface area (Å²) < 4.78 is 12.0. The summed E-state index contributed by atoms with van der Waals surface area (Å²) in [5.74, 6) is 0.873. The number of rotatable bonds is 8. The highest BCUT2D eigenvalue weighted by Crippen LogP contribution is 2.56. The van der Waals surface area contributed by atoms with Crippen molar-refractivity contribution >= 4 is 55.0 Å². The number of carbonyl (C=O) groups excluding carboxylic acids is 2. The van der Waals surface area contributed by atoms with E-state index in [1.807, 2.05) is 24.3 Å². The van der Waals surface area contributed by atoms with Crippen LogP contribution in [0.1, 0.15) is 43.0 Å². The average Bonchev–Trinajstić information content (AvgIpc) is 3.43. The van der Waals surface area contributed by atoms with Gasteiger partial charge >= 0.3 is 0 Å². The molecule has 8 heteroatoms. The number of fused-ring (bicyclic) bond motifs is 3. The zero-order valence-corrected chi connectivity index (χ0v) is 29.8. The summed E-state index contributed by atoms with van der Waals surface area (Å²) in [4.78, 5) is 26.3. The standard InChI is InChI=1S/C41H30Br2N2O4/c1-48-37-21-11-25(23-35(37)42)39(46)44-29-17-13-27(14-18-29)41(33-9-5-3-7-31(33)32-8-4-6-10-34(32)41)28-15-19-30(20-16-28)45-40(47)26-12-22-38(49-2)36(43)24-26/h3-24H,1-2H3,(H,44,46)(H,45,47). The molecule has 0 heterocycles. The monoisotopic (exact) mass is 772 g/mol. The van der Waals surface area contributed by atoms with Gasteiger partial charge in [0.05, 0.1) is 28.6 Å². The lowest BCUT2D eigenvalue weighted by atomic mass is 9.67. The third kappa shape index (κ3) is 5.81. The van der Waals surface area contributed by atoms with Gasteiger partial charge in [-0.3, -0.25) is 9.59 Å². The first kappa shape index (κ1) is 32.4. The maximum Gasteiger partial charge on any atom is 0.255 e. The number of methoxy groups -OCH3 is 2. The van der Waals surface area contributed by atoms with Crippen molar-refractivity contribution in [2.75, 3.05) is 24.9 Å².